The topological polar surface area (TPSA) is 0 Å². The molecule has 8 heteroatoms. The fourth-order valence-corrected chi connectivity index (χ4v) is 3.33. The van der Waals surface area contributed by atoms with Crippen LogP contribution in [0.2, 0.25) is 0 Å². The molecule has 0 bridgehead atoms. The summed E-state index contributed by atoms with van der Waals surface area (Å²) in [7, 11) is 0. The molecular formula is C8H10Cl8. The van der Waals surface area contributed by atoms with E-state index in [9.17, 15) is 0 Å². The maximum Gasteiger partial charge on any atom is 0.125 e. The first-order valence-electron chi connectivity index (χ1n) is 4.37. The molecule has 0 amide bonds. The first-order valence-corrected chi connectivity index (χ1v) is 7.96. The largest absolute Gasteiger partial charge is 0.127 e. The van der Waals surface area contributed by atoms with Crippen LogP contribution in [0.4, 0.5) is 0 Å². The molecule has 0 radical (unpaired) electrons. The molecule has 0 fully saturated rings. The SMILES string of the molecule is ClCCC(Cl)C(Cl)C(Cl)C(Cl)C(Cl)C(Cl)Cl. The molecule has 0 aromatic carbocycles. The summed E-state index contributed by atoms with van der Waals surface area (Å²) in [5, 5.41) is -2.96. The number of hydrogen-bond acceptors (Lipinski definition) is 0. The highest BCUT2D eigenvalue weighted by atomic mass is 35.5. The van der Waals surface area contributed by atoms with E-state index in [0.717, 1.165) is 0 Å². The highest BCUT2D eigenvalue weighted by Gasteiger charge is 2.36. The summed E-state index contributed by atoms with van der Waals surface area (Å²) in [6, 6.07) is 0. The quantitative estimate of drug-likeness (QED) is 0.507. The summed E-state index contributed by atoms with van der Waals surface area (Å²) in [6.45, 7) is 0. The molecule has 0 saturated heterocycles. The standard InChI is InChI=1S/C8H10Cl8/c9-2-1-3(10)4(11)5(12)6(13)7(14)8(15)16/h3-8H,1-2H2. The normalized spacial score (nSPS) is 21.6. The molecule has 0 spiro atoms. The summed E-state index contributed by atoms with van der Waals surface area (Å²) in [4.78, 5) is -0.823. The van der Waals surface area contributed by atoms with E-state index in [0.29, 0.717) is 12.3 Å². The summed E-state index contributed by atoms with van der Waals surface area (Å²) in [6.07, 6.45) is 0.530. The van der Waals surface area contributed by atoms with Crippen molar-refractivity contribution in [1.29, 1.82) is 0 Å². The zero-order valence-corrected chi connectivity index (χ0v) is 13.9. The molecule has 0 N–H and O–H groups in total. The predicted octanol–water partition coefficient (Wildman–Crippen LogP) is 5.46. The molecular weight excluding hydrogens is 380 g/mol. The average molecular weight is 390 g/mol. The Hall–Kier alpha value is 2.32. The van der Waals surface area contributed by atoms with E-state index >= 15 is 0 Å². The van der Waals surface area contributed by atoms with Crippen molar-refractivity contribution in [3.8, 4) is 0 Å². The molecule has 5 unspecified atom stereocenters. The van der Waals surface area contributed by atoms with Gasteiger partial charge in [-0.25, -0.2) is 0 Å². The van der Waals surface area contributed by atoms with Crippen LogP contribution < -0.4 is 0 Å². The van der Waals surface area contributed by atoms with Crippen LogP contribution in [-0.4, -0.2) is 37.6 Å². The van der Waals surface area contributed by atoms with Crippen LogP contribution in [0.25, 0.3) is 0 Å². The van der Waals surface area contributed by atoms with Crippen LogP contribution in [0.15, 0.2) is 0 Å². The number of halogens is 8. The fraction of sp³-hybridized carbons (Fsp3) is 1.00. The second kappa shape index (κ2) is 9.26. The lowest BCUT2D eigenvalue weighted by Gasteiger charge is -2.27. The van der Waals surface area contributed by atoms with Crippen molar-refractivity contribution < 1.29 is 0 Å². The van der Waals surface area contributed by atoms with Crippen LogP contribution in [-0.2, 0) is 0 Å². The molecule has 98 valence electrons. The summed E-state index contributed by atoms with van der Waals surface area (Å²) >= 11 is 46.7. The smallest absolute Gasteiger partial charge is 0.125 e. The Morgan fingerprint density at radius 3 is 1.44 bits per heavy atom. The first kappa shape index (κ1) is 18.3. The average Bonchev–Trinajstić information content (AvgIpc) is 2.25. The monoisotopic (exact) mass is 386 g/mol. The molecule has 16 heavy (non-hydrogen) atoms. The molecule has 5 atom stereocenters. The van der Waals surface area contributed by atoms with Gasteiger partial charge in [0.15, 0.2) is 0 Å². The van der Waals surface area contributed by atoms with Gasteiger partial charge in [-0.1, -0.05) is 0 Å². The van der Waals surface area contributed by atoms with Crippen molar-refractivity contribution in [2.75, 3.05) is 5.88 Å². The van der Waals surface area contributed by atoms with Gasteiger partial charge in [0.25, 0.3) is 0 Å². The predicted molar refractivity (Wildman–Crippen MR) is 79.0 cm³/mol. The molecule has 0 heterocycles. The van der Waals surface area contributed by atoms with E-state index in [1.54, 1.807) is 0 Å². The van der Waals surface area contributed by atoms with Gasteiger partial charge in [-0.05, 0) is 6.42 Å². The van der Waals surface area contributed by atoms with Gasteiger partial charge in [-0.2, -0.15) is 0 Å². The van der Waals surface area contributed by atoms with E-state index < -0.39 is 26.3 Å². The van der Waals surface area contributed by atoms with Crippen molar-refractivity contribution in [1.82, 2.24) is 0 Å². The Morgan fingerprint density at radius 1 is 0.625 bits per heavy atom. The maximum atomic E-state index is 6.06. The second-order valence-electron chi connectivity index (χ2n) is 3.11. The number of rotatable bonds is 7. The molecule has 0 aliphatic heterocycles. The molecule has 0 nitrogen and oxygen atoms in total. The third kappa shape index (κ3) is 5.97. The summed E-state index contributed by atoms with van der Waals surface area (Å²) < 4.78 is 0. The van der Waals surface area contributed by atoms with Gasteiger partial charge in [-0.3, -0.25) is 0 Å². The molecule has 0 saturated carbocycles. The number of hydrogen-bond donors (Lipinski definition) is 0. The van der Waals surface area contributed by atoms with E-state index in [4.69, 9.17) is 92.8 Å². The lowest BCUT2D eigenvalue weighted by atomic mass is 10.1. The van der Waals surface area contributed by atoms with E-state index in [2.05, 4.69) is 0 Å². The van der Waals surface area contributed by atoms with Crippen molar-refractivity contribution >= 4 is 92.8 Å². The van der Waals surface area contributed by atoms with Gasteiger partial charge < -0.3 is 0 Å². The van der Waals surface area contributed by atoms with Crippen LogP contribution in [0.5, 0.6) is 0 Å². The van der Waals surface area contributed by atoms with Gasteiger partial charge in [0, 0.05) is 5.88 Å². The zero-order valence-electron chi connectivity index (χ0n) is 7.90. The van der Waals surface area contributed by atoms with Gasteiger partial charge in [0.05, 0.1) is 26.9 Å². The van der Waals surface area contributed by atoms with Gasteiger partial charge in [0.2, 0.25) is 0 Å². The van der Waals surface area contributed by atoms with Crippen LogP contribution >= 0.6 is 92.8 Å². The molecule has 0 aliphatic carbocycles. The van der Waals surface area contributed by atoms with Gasteiger partial charge >= 0.3 is 0 Å². The molecule has 0 aromatic heterocycles. The molecule has 0 aromatic rings. The third-order valence-corrected chi connectivity index (χ3v) is 6.09. The third-order valence-electron chi connectivity index (χ3n) is 1.88. The lowest BCUT2D eigenvalue weighted by Crippen LogP contribution is -2.39. The summed E-state index contributed by atoms with van der Waals surface area (Å²) in [5.41, 5.74) is 0. The van der Waals surface area contributed by atoms with Crippen molar-refractivity contribution in [2.24, 2.45) is 0 Å². The second-order valence-corrected chi connectivity index (χ2v) is 7.22. The van der Waals surface area contributed by atoms with Crippen molar-refractivity contribution in [2.45, 2.75) is 38.1 Å². The fourth-order valence-electron chi connectivity index (χ4n) is 0.953. The Kier molecular flexibility index (Phi) is 10.6. The Morgan fingerprint density at radius 2 is 1.06 bits per heavy atom. The van der Waals surface area contributed by atoms with Crippen molar-refractivity contribution in [3.63, 3.8) is 0 Å². The van der Waals surface area contributed by atoms with E-state index in [1.807, 2.05) is 0 Å². The van der Waals surface area contributed by atoms with E-state index in [-0.39, 0.29) is 5.38 Å². The van der Waals surface area contributed by atoms with Gasteiger partial charge in [-0.15, -0.1) is 92.8 Å². The Bertz CT molecular complexity index is 187. The first-order chi connectivity index (χ1) is 7.32. The molecule has 0 aliphatic rings. The minimum atomic E-state index is -0.823. The van der Waals surface area contributed by atoms with Crippen LogP contribution in [0, 0.1) is 0 Å². The highest BCUT2D eigenvalue weighted by molar-refractivity contribution is 6.50. The minimum absolute atomic E-state index is 0.379. The minimum Gasteiger partial charge on any atom is -0.127 e. The van der Waals surface area contributed by atoms with Crippen molar-refractivity contribution in [3.05, 3.63) is 0 Å². The lowest BCUT2D eigenvalue weighted by molar-refractivity contribution is 0.652. The van der Waals surface area contributed by atoms with Crippen LogP contribution in [0.1, 0.15) is 6.42 Å². The van der Waals surface area contributed by atoms with E-state index in [1.165, 1.54) is 0 Å². The summed E-state index contributed by atoms with van der Waals surface area (Å²) in [5.74, 6) is 0.395. The number of alkyl halides is 8. The Balaban J connectivity index is 4.36. The Labute approximate surface area is 136 Å². The highest BCUT2D eigenvalue weighted by Crippen LogP contribution is 2.32. The zero-order chi connectivity index (χ0) is 12.9. The maximum absolute atomic E-state index is 6.06. The van der Waals surface area contributed by atoms with Crippen LogP contribution in [0.3, 0.4) is 0 Å². The molecule has 0 rings (SSSR count). The van der Waals surface area contributed by atoms with Gasteiger partial charge in [0.1, 0.15) is 4.84 Å².